The zero-order valence-corrected chi connectivity index (χ0v) is 11.1. The van der Waals surface area contributed by atoms with Crippen LogP contribution < -0.4 is 0 Å². The number of phenolic OH excluding ortho intramolecular Hbond substituents is 1. The highest BCUT2D eigenvalue weighted by Gasteiger charge is 2.23. The number of aliphatic hydroxyl groups excluding tert-OH is 1. The Balaban J connectivity index is 1.90. The van der Waals surface area contributed by atoms with Gasteiger partial charge in [-0.1, -0.05) is 12.1 Å². The molecule has 0 radical (unpaired) electrons. The van der Waals surface area contributed by atoms with Crippen LogP contribution in [0, 0.1) is 5.92 Å². The molecule has 4 nitrogen and oxygen atoms in total. The van der Waals surface area contributed by atoms with Crippen LogP contribution in [0.3, 0.4) is 0 Å². The van der Waals surface area contributed by atoms with Crippen LogP contribution in [-0.2, 0) is 11.2 Å². The van der Waals surface area contributed by atoms with E-state index in [0.717, 1.165) is 37.9 Å². The minimum Gasteiger partial charge on any atom is -0.508 e. The second-order valence-corrected chi connectivity index (χ2v) is 5.20. The van der Waals surface area contributed by atoms with Crippen molar-refractivity contribution in [2.45, 2.75) is 25.7 Å². The maximum absolute atomic E-state index is 12.2. The molecule has 0 spiro atoms. The van der Waals surface area contributed by atoms with Gasteiger partial charge in [-0.15, -0.1) is 0 Å². The van der Waals surface area contributed by atoms with Gasteiger partial charge in [-0.05, 0) is 42.9 Å². The number of hydrogen-bond acceptors (Lipinski definition) is 3. The Morgan fingerprint density at radius 2 is 2.05 bits per heavy atom. The lowest BCUT2D eigenvalue weighted by Crippen LogP contribution is -2.40. The Bertz CT molecular complexity index is 414. The summed E-state index contributed by atoms with van der Waals surface area (Å²) in [5.74, 6) is 0.785. The minimum atomic E-state index is 0.133. The van der Waals surface area contributed by atoms with E-state index in [2.05, 4.69) is 0 Å². The summed E-state index contributed by atoms with van der Waals surface area (Å²) in [6, 6.07) is 6.77. The molecule has 0 aliphatic carbocycles. The average Bonchev–Trinajstić information content (AvgIpc) is 2.42. The summed E-state index contributed by atoms with van der Waals surface area (Å²) in [4.78, 5) is 14.1. The molecule has 2 rings (SSSR count). The number of benzene rings is 1. The lowest BCUT2D eigenvalue weighted by molar-refractivity contribution is -0.132. The maximum atomic E-state index is 12.2. The standard InChI is InChI=1S/C15H21NO3/c17-9-7-13-2-1-8-16(11-13)15(19)10-12-3-5-14(18)6-4-12/h3-6,13,17-18H,1-2,7-11H2. The number of carbonyl (C=O) groups is 1. The average molecular weight is 263 g/mol. The lowest BCUT2D eigenvalue weighted by atomic mass is 9.95. The Kier molecular flexibility index (Phi) is 4.80. The van der Waals surface area contributed by atoms with Crippen molar-refractivity contribution in [1.29, 1.82) is 0 Å². The molecule has 0 bridgehead atoms. The van der Waals surface area contributed by atoms with Crippen LogP contribution in [0.25, 0.3) is 0 Å². The zero-order chi connectivity index (χ0) is 13.7. The molecule has 1 saturated heterocycles. The highest BCUT2D eigenvalue weighted by Crippen LogP contribution is 2.20. The predicted molar refractivity (Wildman–Crippen MR) is 72.8 cm³/mol. The number of aliphatic hydroxyl groups is 1. The van der Waals surface area contributed by atoms with E-state index in [1.54, 1.807) is 24.3 Å². The summed E-state index contributed by atoms with van der Waals surface area (Å²) in [5, 5.41) is 18.2. The van der Waals surface area contributed by atoms with Crippen molar-refractivity contribution in [2.75, 3.05) is 19.7 Å². The van der Waals surface area contributed by atoms with Gasteiger partial charge in [0.25, 0.3) is 0 Å². The van der Waals surface area contributed by atoms with E-state index in [1.165, 1.54) is 0 Å². The van der Waals surface area contributed by atoms with E-state index >= 15 is 0 Å². The van der Waals surface area contributed by atoms with Crippen LogP contribution in [-0.4, -0.2) is 40.7 Å². The van der Waals surface area contributed by atoms with Crippen molar-refractivity contribution < 1.29 is 15.0 Å². The molecule has 1 heterocycles. The van der Waals surface area contributed by atoms with Crippen molar-refractivity contribution in [3.63, 3.8) is 0 Å². The lowest BCUT2D eigenvalue weighted by Gasteiger charge is -2.32. The monoisotopic (exact) mass is 263 g/mol. The van der Waals surface area contributed by atoms with Crippen molar-refractivity contribution in [3.8, 4) is 5.75 Å². The largest absolute Gasteiger partial charge is 0.508 e. The molecule has 19 heavy (non-hydrogen) atoms. The zero-order valence-electron chi connectivity index (χ0n) is 11.1. The first-order valence-electron chi connectivity index (χ1n) is 6.85. The van der Waals surface area contributed by atoms with Gasteiger partial charge in [0.1, 0.15) is 5.75 Å². The molecule has 0 aromatic heterocycles. The van der Waals surface area contributed by atoms with Crippen molar-refractivity contribution in [2.24, 2.45) is 5.92 Å². The molecule has 1 aromatic rings. The van der Waals surface area contributed by atoms with Gasteiger partial charge >= 0.3 is 0 Å². The quantitative estimate of drug-likeness (QED) is 0.866. The minimum absolute atomic E-state index is 0.133. The molecule has 104 valence electrons. The van der Waals surface area contributed by atoms with Crippen molar-refractivity contribution >= 4 is 5.91 Å². The van der Waals surface area contributed by atoms with Gasteiger partial charge in [-0.25, -0.2) is 0 Å². The third kappa shape index (κ3) is 3.96. The predicted octanol–water partition coefficient (Wildman–Crippen LogP) is 1.56. The van der Waals surface area contributed by atoms with E-state index in [4.69, 9.17) is 5.11 Å². The third-order valence-corrected chi connectivity index (χ3v) is 3.70. The van der Waals surface area contributed by atoms with E-state index in [1.807, 2.05) is 4.90 Å². The van der Waals surface area contributed by atoms with Crippen LogP contribution in [0.2, 0.25) is 0 Å². The van der Waals surface area contributed by atoms with Crippen molar-refractivity contribution in [1.82, 2.24) is 4.90 Å². The summed E-state index contributed by atoms with van der Waals surface area (Å²) in [7, 11) is 0. The van der Waals surface area contributed by atoms with Gasteiger partial charge in [0.05, 0.1) is 6.42 Å². The SMILES string of the molecule is O=C(Cc1ccc(O)cc1)N1CCCC(CCO)C1. The van der Waals surface area contributed by atoms with Gasteiger partial charge in [-0.2, -0.15) is 0 Å². The number of carbonyl (C=O) groups excluding carboxylic acids is 1. The molecule has 1 fully saturated rings. The summed E-state index contributed by atoms with van der Waals surface area (Å²) < 4.78 is 0. The Hall–Kier alpha value is -1.55. The second kappa shape index (κ2) is 6.57. The molecule has 1 aliphatic rings. The molecule has 1 unspecified atom stereocenters. The van der Waals surface area contributed by atoms with E-state index in [9.17, 15) is 9.90 Å². The fourth-order valence-electron chi connectivity index (χ4n) is 2.61. The van der Waals surface area contributed by atoms with E-state index in [-0.39, 0.29) is 18.3 Å². The molecular weight excluding hydrogens is 242 g/mol. The Morgan fingerprint density at radius 3 is 2.74 bits per heavy atom. The smallest absolute Gasteiger partial charge is 0.226 e. The third-order valence-electron chi connectivity index (χ3n) is 3.70. The molecule has 0 saturated carbocycles. The van der Waals surface area contributed by atoms with E-state index < -0.39 is 0 Å². The van der Waals surface area contributed by atoms with Crippen LogP contribution in [0.4, 0.5) is 0 Å². The van der Waals surface area contributed by atoms with Gasteiger partial charge in [-0.3, -0.25) is 4.79 Å². The summed E-state index contributed by atoms with van der Waals surface area (Å²) in [6.45, 7) is 1.78. The molecule has 1 amide bonds. The van der Waals surface area contributed by atoms with Crippen LogP contribution >= 0.6 is 0 Å². The highest BCUT2D eigenvalue weighted by atomic mass is 16.3. The topological polar surface area (TPSA) is 60.8 Å². The van der Waals surface area contributed by atoms with Crippen LogP contribution in [0.15, 0.2) is 24.3 Å². The van der Waals surface area contributed by atoms with Crippen molar-refractivity contribution in [3.05, 3.63) is 29.8 Å². The van der Waals surface area contributed by atoms with Gasteiger partial charge in [0.15, 0.2) is 0 Å². The van der Waals surface area contributed by atoms with Gasteiger partial charge in [0, 0.05) is 19.7 Å². The first-order chi connectivity index (χ1) is 9.19. The fourth-order valence-corrected chi connectivity index (χ4v) is 2.61. The Morgan fingerprint density at radius 1 is 1.32 bits per heavy atom. The number of likely N-dealkylation sites (tertiary alicyclic amines) is 1. The van der Waals surface area contributed by atoms with Gasteiger partial charge < -0.3 is 15.1 Å². The normalized spacial score (nSPS) is 19.4. The van der Waals surface area contributed by atoms with Crippen LogP contribution in [0.5, 0.6) is 5.75 Å². The van der Waals surface area contributed by atoms with Gasteiger partial charge in [0.2, 0.25) is 5.91 Å². The second-order valence-electron chi connectivity index (χ2n) is 5.20. The fraction of sp³-hybridized carbons (Fsp3) is 0.533. The molecule has 2 N–H and O–H groups in total. The number of nitrogens with zero attached hydrogens (tertiary/aromatic N) is 1. The molecule has 1 aliphatic heterocycles. The number of piperidine rings is 1. The molecular formula is C15H21NO3. The Labute approximate surface area is 113 Å². The van der Waals surface area contributed by atoms with E-state index in [0.29, 0.717) is 12.3 Å². The number of hydrogen-bond donors (Lipinski definition) is 2. The summed E-state index contributed by atoms with van der Waals surface area (Å²) >= 11 is 0. The maximum Gasteiger partial charge on any atom is 0.226 e. The molecule has 4 heteroatoms. The first-order valence-corrected chi connectivity index (χ1v) is 6.85. The molecule has 1 atom stereocenters. The first kappa shape index (κ1) is 13.9. The highest BCUT2D eigenvalue weighted by molar-refractivity contribution is 5.78. The number of rotatable bonds is 4. The van der Waals surface area contributed by atoms with Crippen LogP contribution in [0.1, 0.15) is 24.8 Å². The summed E-state index contributed by atoms with van der Waals surface area (Å²) in [5.41, 5.74) is 0.923. The number of aromatic hydroxyl groups is 1. The summed E-state index contributed by atoms with van der Waals surface area (Å²) in [6.07, 6.45) is 3.28. The number of amides is 1. The molecule has 1 aromatic carbocycles. The number of phenols is 1.